The number of carbonyl (C=O) groups is 1. The van der Waals surface area contributed by atoms with Crippen molar-refractivity contribution in [3.63, 3.8) is 0 Å². The lowest BCUT2D eigenvalue weighted by atomic mass is 10.2. The van der Waals surface area contributed by atoms with Gasteiger partial charge < -0.3 is 5.11 Å². The van der Waals surface area contributed by atoms with Gasteiger partial charge >= 0.3 is 5.97 Å². The van der Waals surface area contributed by atoms with E-state index in [1.54, 1.807) is 34.6 Å². The smallest absolute Gasteiger partial charge is 0.337 e. The van der Waals surface area contributed by atoms with Gasteiger partial charge in [0.15, 0.2) is 0 Å². The molecule has 0 radical (unpaired) electrons. The Morgan fingerprint density at radius 2 is 2.29 bits per heavy atom. The van der Waals surface area contributed by atoms with Crippen molar-refractivity contribution in [1.29, 1.82) is 0 Å². The first-order chi connectivity index (χ1) is 8.27. The van der Waals surface area contributed by atoms with Crippen LogP contribution in [0.2, 0.25) is 0 Å². The SMILES string of the molecule is O=C(O)c1cn(-c2cscn2)c2ncccc12. The molecule has 0 aromatic carbocycles. The quantitative estimate of drug-likeness (QED) is 0.751. The van der Waals surface area contributed by atoms with E-state index in [2.05, 4.69) is 9.97 Å². The molecule has 0 aliphatic rings. The van der Waals surface area contributed by atoms with Gasteiger partial charge in [0.1, 0.15) is 11.5 Å². The van der Waals surface area contributed by atoms with Crippen LogP contribution in [0.15, 0.2) is 35.4 Å². The van der Waals surface area contributed by atoms with Crippen molar-refractivity contribution >= 4 is 28.3 Å². The fourth-order valence-corrected chi connectivity index (χ4v) is 2.25. The summed E-state index contributed by atoms with van der Waals surface area (Å²) in [5.41, 5.74) is 2.54. The first-order valence-corrected chi connectivity index (χ1v) is 5.79. The summed E-state index contributed by atoms with van der Waals surface area (Å²) in [5, 5.41) is 11.6. The van der Waals surface area contributed by atoms with Crippen LogP contribution in [0, 0.1) is 0 Å². The molecule has 0 atom stereocenters. The molecule has 0 amide bonds. The Kier molecular flexibility index (Phi) is 2.15. The molecule has 0 aliphatic heterocycles. The maximum Gasteiger partial charge on any atom is 0.337 e. The van der Waals surface area contributed by atoms with Gasteiger partial charge in [-0.1, -0.05) is 0 Å². The molecule has 0 fully saturated rings. The predicted octanol–water partition coefficient (Wildman–Crippen LogP) is 2.18. The van der Waals surface area contributed by atoms with Crippen LogP contribution >= 0.6 is 11.3 Å². The largest absolute Gasteiger partial charge is 0.478 e. The van der Waals surface area contributed by atoms with E-state index in [0.717, 1.165) is 0 Å². The van der Waals surface area contributed by atoms with Crippen molar-refractivity contribution in [1.82, 2.24) is 14.5 Å². The van der Waals surface area contributed by atoms with Crippen molar-refractivity contribution in [2.24, 2.45) is 0 Å². The highest BCUT2D eigenvalue weighted by atomic mass is 32.1. The maximum absolute atomic E-state index is 11.1. The highest BCUT2D eigenvalue weighted by molar-refractivity contribution is 7.07. The van der Waals surface area contributed by atoms with Gasteiger partial charge in [0, 0.05) is 23.2 Å². The molecule has 5 nitrogen and oxygen atoms in total. The Hall–Kier alpha value is -2.21. The summed E-state index contributed by atoms with van der Waals surface area (Å²) in [6.07, 6.45) is 3.19. The third-order valence-corrected chi connectivity index (χ3v) is 3.03. The highest BCUT2D eigenvalue weighted by Gasteiger charge is 2.16. The number of nitrogens with zero attached hydrogens (tertiary/aromatic N) is 3. The van der Waals surface area contributed by atoms with E-state index in [-0.39, 0.29) is 5.56 Å². The second-order valence-corrected chi connectivity index (χ2v) is 4.16. The van der Waals surface area contributed by atoms with Crippen LogP contribution in [0.3, 0.4) is 0 Å². The molecular weight excluding hydrogens is 238 g/mol. The van der Waals surface area contributed by atoms with Crippen LogP contribution in [-0.2, 0) is 0 Å². The van der Waals surface area contributed by atoms with Crippen molar-refractivity contribution < 1.29 is 9.90 Å². The van der Waals surface area contributed by atoms with Crippen LogP contribution < -0.4 is 0 Å². The molecule has 0 bridgehead atoms. The summed E-state index contributed by atoms with van der Waals surface area (Å²) in [6, 6.07) is 3.47. The Balaban J connectivity index is 2.37. The molecule has 3 aromatic rings. The van der Waals surface area contributed by atoms with Crippen LogP contribution in [-0.4, -0.2) is 25.6 Å². The lowest BCUT2D eigenvalue weighted by Gasteiger charge is -1.97. The van der Waals surface area contributed by atoms with E-state index in [9.17, 15) is 4.79 Å². The van der Waals surface area contributed by atoms with Gasteiger partial charge in [-0.3, -0.25) is 4.57 Å². The molecule has 84 valence electrons. The molecule has 3 rings (SSSR count). The Morgan fingerprint density at radius 1 is 1.41 bits per heavy atom. The number of thiazole rings is 1. The second kappa shape index (κ2) is 3.67. The van der Waals surface area contributed by atoms with E-state index < -0.39 is 5.97 Å². The van der Waals surface area contributed by atoms with E-state index >= 15 is 0 Å². The summed E-state index contributed by atoms with van der Waals surface area (Å²) < 4.78 is 1.69. The topological polar surface area (TPSA) is 68.0 Å². The molecular formula is C11H7N3O2S. The zero-order valence-electron chi connectivity index (χ0n) is 8.57. The molecule has 3 aromatic heterocycles. The number of hydrogen-bond acceptors (Lipinski definition) is 4. The van der Waals surface area contributed by atoms with Crippen molar-refractivity contribution in [2.75, 3.05) is 0 Å². The summed E-state index contributed by atoms with van der Waals surface area (Å²) in [4.78, 5) is 19.5. The van der Waals surface area contributed by atoms with Crippen molar-refractivity contribution in [2.45, 2.75) is 0 Å². The average Bonchev–Trinajstić information content (AvgIpc) is 2.95. The van der Waals surface area contributed by atoms with Crippen LogP contribution in [0.5, 0.6) is 0 Å². The first kappa shape index (κ1) is 9.98. The van der Waals surface area contributed by atoms with Gasteiger partial charge in [0.25, 0.3) is 0 Å². The molecule has 0 saturated carbocycles. The molecule has 1 N–H and O–H groups in total. The summed E-state index contributed by atoms with van der Waals surface area (Å²) >= 11 is 1.45. The number of fused-ring (bicyclic) bond motifs is 1. The summed E-state index contributed by atoms with van der Waals surface area (Å²) in [5.74, 6) is -0.275. The number of pyridine rings is 1. The van der Waals surface area contributed by atoms with Gasteiger partial charge in [-0.2, -0.15) is 0 Å². The Morgan fingerprint density at radius 3 is 3.00 bits per heavy atom. The summed E-state index contributed by atoms with van der Waals surface area (Å²) in [6.45, 7) is 0. The van der Waals surface area contributed by atoms with E-state index in [4.69, 9.17) is 5.11 Å². The Bertz CT molecular complexity index is 688. The van der Waals surface area contributed by atoms with Gasteiger partial charge in [0.2, 0.25) is 0 Å². The number of aromatic nitrogens is 3. The normalized spacial score (nSPS) is 10.8. The zero-order valence-corrected chi connectivity index (χ0v) is 9.39. The molecule has 0 aliphatic carbocycles. The molecule has 17 heavy (non-hydrogen) atoms. The number of aromatic carboxylic acids is 1. The van der Waals surface area contributed by atoms with Crippen LogP contribution in [0.4, 0.5) is 0 Å². The lowest BCUT2D eigenvalue weighted by Crippen LogP contribution is -1.95. The van der Waals surface area contributed by atoms with Gasteiger partial charge in [0.05, 0.1) is 11.1 Å². The number of carboxylic acid groups (broad SMARTS) is 1. The van der Waals surface area contributed by atoms with Crippen LogP contribution in [0.1, 0.15) is 10.4 Å². The van der Waals surface area contributed by atoms with Crippen molar-refractivity contribution in [3.05, 3.63) is 41.0 Å². The standard InChI is InChI=1S/C11H7N3O2S/c15-11(16)8-4-14(9-5-17-6-13-9)10-7(8)2-1-3-12-10/h1-6H,(H,15,16). The minimum absolute atomic E-state index is 0.237. The van der Waals surface area contributed by atoms with E-state index in [0.29, 0.717) is 16.9 Å². The molecule has 0 saturated heterocycles. The zero-order chi connectivity index (χ0) is 11.8. The van der Waals surface area contributed by atoms with Gasteiger partial charge in [-0.15, -0.1) is 11.3 Å². The third kappa shape index (κ3) is 1.50. The van der Waals surface area contributed by atoms with Gasteiger partial charge in [-0.25, -0.2) is 14.8 Å². The lowest BCUT2D eigenvalue weighted by molar-refractivity contribution is 0.0699. The van der Waals surface area contributed by atoms with Crippen LogP contribution in [0.25, 0.3) is 16.9 Å². The molecule has 0 unspecified atom stereocenters. The fourth-order valence-electron chi connectivity index (χ4n) is 1.73. The number of carboxylic acids is 1. The molecule has 3 heterocycles. The minimum Gasteiger partial charge on any atom is -0.478 e. The number of rotatable bonds is 2. The third-order valence-electron chi connectivity index (χ3n) is 2.46. The molecule has 6 heteroatoms. The molecule has 0 spiro atoms. The average molecular weight is 245 g/mol. The van der Waals surface area contributed by atoms with E-state index in [1.807, 2.05) is 5.38 Å². The van der Waals surface area contributed by atoms with Gasteiger partial charge in [-0.05, 0) is 12.1 Å². The Labute approximate surface area is 100.0 Å². The van der Waals surface area contributed by atoms with Crippen molar-refractivity contribution in [3.8, 4) is 5.82 Å². The highest BCUT2D eigenvalue weighted by Crippen LogP contribution is 2.22. The fraction of sp³-hybridized carbons (Fsp3) is 0. The second-order valence-electron chi connectivity index (χ2n) is 3.44. The first-order valence-electron chi connectivity index (χ1n) is 4.85. The summed E-state index contributed by atoms with van der Waals surface area (Å²) in [7, 11) is 0. The minimum atomic E-state index is -0.961. The predicted molar refractivity (Wildman–Crippen MR) is 63.7 cm³/mol. The number of hydrogen-bond donors (Lipinski definition) is 1. The maximum atomic E-state index is 11.1. The monoisotopic (exact) mass is 245 g/mol. The van der Waals surface area contributed by atoms with E-state index in [1.165, 1.54) is 11.3 Å².